The van der Waals surface area contributed by atoms with Gasteiger partial charge in [-0.05, 0) is 69.5 Å². The second-order valence-corrected chi connectivity index (χ2v) is 26.5. The fraction of sp³-hybridized carbons (Fsp3) is 0.821. The number of benzene rings is 1. The number of nitrogens with one attached hydrogen (secondary N) is 1. The molecule has 11 heteroatoms. The van der Waals surface area contributed by atoms with Gasteiger partial charge in [-0.1, -0.05) is 200 Å². The molecule has 2 heterocycles. The number of fused-ring (bicyclic) bond motifs is 1. The molecule has 3 rings (SSSR count). The molecule has 0 radical (unpaired) electrons. The van der Waals surface area contributed by atoms with E-state index in [9.17, 15) is 14.7 Å². The Morgan fingerprint density at radius 1 is 0.746 bits per heavy atom. The van der Waals surface area contributed by atoms with Crippen LogP contribution in [0, 0.1) is 0 Å². The molecule has 10 nitrogen and oxygen atoms in total. The summed E-state index contributed by atoms with van der Waals surface area (Å²) in [7, 11) is -2.17. The molecule has 2 fully saturated rings. The van der Waals surface area contributed by atoms with E-state index >= 15 is 0 Å². The van der Waals surface area contributed by atoms with Crippen LogP contribution < -0.4 is 5.32 Å². The van der Waals surface area contributed by atoms with E-state index in [4.69, 9.17) is 28.1 Å². The topological polar surface area (TPSA) is 122 Å². The Morgan fingerprint density at radius 2 is 1.24 bits per heavy atom. The smallest absolute Gasteiger partial charge is 0.338 e. The lowest BCUT2D eigenvalue weighted by atomic mass is 9.99. The van der Waals surface area contributed by atoms with E-state index in [0.29, 0.717) is 12.0 Å². The molecule has 1 aromatic carbocycles. The molecular weight excluding hydrogens is 859 g/mol. The fourth-order valence-corrected chi connectivity index (χ4v) is 9.82. The van der Waals surface area contributed by atoms with Crippen LogP contribution in [0.15, 0.2) is 42.5 Å². The molecule has 2 aliphatic heterocycles. The van der Waals surface area contributed by atoms with E-state index in [-0.39, 0.29) is 24.2 Å². The van der Waals surface area contributed by atoms with Crippen LogP contribution in [-0.4, -0.2) is 87.2 Å². The van der Waals surface area contributed by atoms with Gasteiger partial charge in [-0.25, -0.2) is 4.79 Å². The normalized spacial score (nSPS) is 21.6. The largest absolute Gasteiger partial charge is 0.452 e. The number of hydrogen-bond acceptors (Lipinski definition) is 9. The van der Waals surface area contributed by atoms with Crippen LogP contribution in [-0.2, 0) is 32.9 Å². The lowest BCUT2D eigenvalue weighted by Crippen LogP contribution is -2.60. The highest BCUT2D eigenvalue weighted by Gasteiger charge is 2.56. The Balaban J connectivity index is 1.71. The van der Waals surface area contributed by atoms with Gasteiger partial charge in [-0.3, -0.25) is 4.79 Å². The summed E-state index contributed by atoms with van der Waals surface area (Å²) >= 11 is 0. The van der Waals surface area contributed by atoms with Gasteiger partial charge in [0.05, 0.1) is 24.8 Å². The van der Waals surface area contributed by atoms with Crippen molar-refractivity contribution in [1.29, 1.82) is 0 Å². The van der Waals surface area contributed by atoms with Gasteiger partial charge in [0.2, 0.25) is 5.91 Å². The van der Waals surface area contributed by atoms with Crippen molar-refractivity contribution in [1.82, 2.24) is 5.32 Å². The van der Waals surface area contributed by atoms with E-state index in [1.807, 2.05) is 38.1 Å². The van der Waals surface area contributed by atoms with Crippen LogP contribution in [0.1, 0.15) is 226 Å². The Kier molecular flexibility index (Phi) is 28.9. The van der Waals surface area contributed by atoms with E-state index in [1.165, 1.54) is 122 Å². The number of carbonyl (C=O) groups is 2. The monoisotopic (exact) mass is 958 g/mol. The van der Waals surface area contributed by atoms with Crippen molar-refractivity contribution in [2.45, 2.75) is 282 Å². The predicted octanol–water partition coefficient (Wildman–Crippen LogP) is 14.1. The Morgan fingerprint density at radius 3 is 1.76 bits per heavy atom. The molecule has 0 aromatic heterocycles. The van der Waals surface area contributed by atoms with E-state index in [2.05, 4.69) is 59.1 Å². The molecule has 0 saturated carbocycles. The molecule has 2 unspecified atom stereocenters. The van der Waals surface area contributed by atoms with Crippen molar-refractivity contribution in [3.05, 3.63) is 48.0 Å². The molecule has 2 aliphatic rings. The highest BCUT2D eigenvalue weighted by molar-refractivity contribution is 6.74. The first-order valence-corrected chi connectivity index (χ1v) is 30.2. The van der Waals surface area contributed by atoms with Crippen molar-refractivity contribution in [2.75, 3.05) is 13.2 Å². The summed E-state index contributed by atoms with van der Waals surface area (Å²) in [5.41, 5.74) is 0.423. The average Bonchev–Trinajstić information content (AvgIpc) is 3.63. The zero-order valence-electron chi connectivity index (χ0n) is 44.1. The maximum absolute atomic E-state index is 13.8. The number of carbonyl (C=O) groups excluding carboxylic acids is 2. The first-order chi connectivity index (χ1) is 32.1. The number of ether oxygens (including phenoxy) is 5. The van der Waals surface area contributed by atoms with Crippen LogP contribution in [0.3, 0.4) is 0 Å². The maximum atomic E-state index is 13.8. The zero-order valence-corrected chi connectivity index (χ0v) is 45.1. The summed E-state index contributed by atoms with van der Waals surface area (Å²) in [6, 6.07) is 8.17. The SMILES string of the molecule is CCCCCCCCCCCCCC=CC(OC(=O)c1ccccc1)C(CO[C@H]1O[C@H](CO[Si](C)(C)C(C)(C)C)[C@@H]2OC(C)(C)O[C@@H]2[C@H]1O)NC(=O)CCCCCCCCCCCCCCC. The standard InChI is InChI=1S/C56H99NO9Si/c1-10-12-14-16-18-20-22-24-26-28-30-32-37-41-47(63-53(60)45-39-35-34-36-40-45)46(57-49(58)42-38-33-31-29-27-25-23-21-19-17-15-13-11-2)43-61-54-50(59)52-51(65-56(6,7)66-52)48(64-54)44-62-67(8,9)55(3,4)5/h34-37,39-41,46-48,50-52,54,59H,10-33,38,42-44H2,1-9H3,(H,57,58)/t46?,47?,48-,50-,51+,52-,54+/m1/s1. The molecule has 1 amide bonds. The van der Waals surface area contributed by atoms with Crippen LogP contribution in [0.4, 0.5) is 0 Å². The number of amides is 1. The molecule has 67 heavy (non-hydrogen) atoms. The second kappa shape index (κ2) is 32.7. The van der Waals surface area contributed by atoms with Gasteiger partial charge in [-0.2, -0.15) is 0 Å². The third kappa shape index (κ3) is 23.6. The quantitative estimate of drug-likeness (QED) is 0.0290. The number of esters is 1. The lowest BCUT2D eigenvalue weighted by Gasteiger charge is -2.42. The van der Waals surface area contributed by atoms with Gasteiger partial charge < -0.3 is 38.5 Å². The van der Waals surface area contributed by atoms with Crippen LogP contribution in [0.5, 0.6) is 0 Å². The molecular formula is C56H99NO9Si. The van der Waals surface area contributed by atoms with E-state index in [0.717, 1.165) is 38.5 Å². The molecule has 2 N–H and O–H groups in total. The molecule has 7 atom stereocenters. The number of unbranched alkanes of at least 4 members (excludes halogenated alkanes) is 23. The minimum atomic E-state index is -2.17. The first-order valence-electron chi connectivity index (χ1n) is 27.2. The molecule has 0 spiro atoms. The average molecular weight is 958 g/mol. The van der Waals surface area contributed by atoms with Gasteiger partial charge in [0.25, 0.3) is 0 Å². The molecule has 2 saturated heterocycles. The van der Waals surface area contributed by atoms with Crippen molar-refractivity contribution >= 4 is 20.2 Å². The highest BCUT2D eigenvalue weighted by Crippen LogP contribution is 2.40. The van der Waals surface area contributed by atoms with Crippen LogP contribution in [0.25, 0.3) is 0 Å². The molecule has 0 bridgehead atoms. The number of aliphatic hydroxyl groups excluding tert-OH is 1. The van der Waals surface area contributed by atoms with Crippen molar-refractivity contribution in [3.8, 4) is 0 Å². The number of allylic oxidation sites excluding steroid dienone is 1. The summed E-state index contributed by atoms with van der Waals surface area (Å²) < 4.78 is 38.4. The third-order valence-corrected chi connectivity index (χ3v) is 18.6. The molecule has 1 aromatic rings. The summed E-state index contributed by atoms with van der Waals surface area (Å²) in [6.07, 6.45) is 30.0. The fourth-order valence-electron chi connectivity index (χ4n) is 8.81. The highest BCUT2D eigenvalue weighted by atomic mass is 28.4. The van der Waals surface area contributed by atoms with Crippen LogP contribution >= 0.6 is 0 Å². The van der Waals surface area contributed by atoms with Gasteiger partial charge in [0, 0.05) is 6.42 Å². The first kappa shape index (κ1) is 59.2. The lowest BCUT2D eigenvalue weighted by molar-refractivity contribution is -0.283. The van der Waals surface area contributed by atoms with Crippen molar-refractivity contribution < 1.29 is 42.8 Å². The van der Waals surface area contributed by atoms with E-state index in [1.54, 1.807) is 12.1 Å². The minimum absolute atomic E-state index is 0.0197. The summed E-state index contributed by atoms with van der Waals surface area (Å²) in [4.78, 5) is 27.5. The van der Waals surface area contributed by atoms with Gasteiger partial charge in [0.1, 0.15) is 30.5 Å². The van der Waals surface area contributed by atoms with Gasteiger partial charge in [0.15, 0.2) is 20.4 Å². The van der Waals surface area contributed by atoms with E-state index < -0.39 is 62.9 Å². The third-order valence-electron chi connectivity index (χ3n) is 14.1. The Labute approximate surface area is 410 Å². The summed E-state index contributed by atoms with van der Waals surface area (Å²) in [6.45, 7) is 19.3. The zero-order chi connectivity index (χ0) is 49.0. The van der Waals surface area contributed by atoms with Crippen molar-refractivity contribution in [3.63, 3.8) is 0 Å². The maximum Gasteiger partial charge on any atom is 0.338 e. The summed E-state index contributed by atoms with van der Waals surface area (Å²) in [5.74, 6) is -1.56. The predicted molar refractivity (Wildman–Crippen MR) is 276 cm³/mol. The Bertz CT molecular complexity index is 1480. The number of aliphatic hydroxyl groups is 1. The molecule has 386 valence electrons. The van der Waals surface area contributed by atoms with Gasteiger partial charge in [-0.15, -0.1) is 0 Å². The minimum Gasteiger partial charge on any atom is -0.452 e. The number of rotatable bonds is 37. The summed E-state index contributed by atoms with van der Waals surface area (Å²) in [5, 5.41) is 14.9. The van der Waals surface area contributed by atoms with Crippen LogP contribution in [0.2, 0.25) is 18.1 Å². The number of hydrogen-bond donors (Lipinski definition) is 2. The Hall–Kier alpha value is -2.12. The molecule has 0 aliphatic carbocycles. The second-order valence-electron chi connectivity index (χ2n) is 21.7. The van der Waals surface area contributed by atoms with Crippen molar-refractivity contribution in [2.24, 2.45) is 0 Å². The van der Waals surface area contributed by atoms with Gasteiger partial charge >= 0.3 is 5.97 Å².